The van der Waals surface area contributed by atoms with E-state index in [1.54, 1.807) is 7.11 Å². The normalized spacial score (nSPS) is 21.1. The Bertz CT molecular complexity index is 278. The molecule has 0 aromatic carbocycles. The molecular formula is C14H28N2O3. The van der Waals surface area contributed by atoms with E-state index in [4.69, 9.17) is 9.47 Å². The number of hydrogen-bond acceptors (Lipinski definition) is 5. The fourth-order valence-corrected chi connectivity index (χ4v) is 2.37. The molecule has 1 unspecified atom stereocenters. The summed E-state index contributed by atoms with van der Waals surface area (Å²) in [7, 11) is 3.59. The fraction of sp³-hybridized carbons (Fsp3) is 0.929. The van der Waals surface area contributed by atoms with Crippen LogP contribution in [0.4, 0.5) is 0 Å². The predicted octanol–water partition coefficient (Wildman–Crippen LogP) is 1.03. The molecule has 0 radical (unpaired) electrons. The zero-order valence-corrected chi connectivity index (χ0v) is 12.7. The molecule has 0 aliphatic carbocycles. The first-order valence-corrected chi connectivity index (χ1v) is 7.17. The minimum absolute atomic E-state index is 0.163. The van der Waals surface area contributed by atoms with E-state index >= 15 is 0 Å². The molecule has 1 N–H and O–H groups in total. The highest BCUT2D eigenvalue weighted by Gasteiger charge is 2.33. The molecular weight excluding hydrogens is 244 g/mol. The fourth-order valence-electron chi connectivity index (χ4n) is 2.37. The molecule has 1 rings (SSSR count). The highest BCUT2D eigenvalue weighted by Crippen LogP contribution is 2.17. The molecule has 1 fully saturated rings. The molecule has 0 saturated carbocycles. The van der Waals surface area contributed by atoms with Gasteiger partial charge in [-0.05, 0) is 40.2 Å². The van der Waals surface area contributed by atoms with Gasteiger partial charge in [-0.25, -0.2) is 0 Å². The lowest BCUT2D eigenvalue weighted by atomic mass is 9.97. The van der Waals surface area contributed by atoms with Gasteiger partial charge in [0.25, 0.3) is 0 Å². The van der Waals surface area contributed by atoms with Gasteiger partial charge in [0, 0.05) is 26.7 Å². The Balaban J connectivity index is 2.39. The molecule has 112 valence electrons. The smallest absolute Gasteiger partial charge is 0.326 e. The number of esters is 1. The van der Waals surface area contributed by atoms with Crippen LogP contribution in [0.1, 0.15) is 33.1 Å². The molecule has 5 heteroatoms. The highest BCUT2D eigenvalue weighted by molar-refractivity contribution is 5.80. The van der Waals surface area contributed by atoms with E-state index in [2.05, 4.69) is 10.2 Å². The minimum atomic E-state index is -0.589. The maximum Gasteiger partial charge on any atom is 0.326 e. The number of hydrogen-bond donors (Lipinski definition) is 1. The summed E-state index contributed by atoms with van der Waals surface area (Å²) in [5.41, 5.74) is -0.589. The Hall–Kier alpha value is -0.650. The van der Waals surface area contributed by atoms with E-state index in [-0.39, 0.29) is 5.97 Å². The Kier molecular flexibility index (Phi) is 6.75. The predicted molar refractivity (Wildman–Crippen MR) is 75.2 cm³/mol. The van der Waals surface area contributed by atoms with Crippen LogP contribution in [0.25, 0.3) is 0 Å². The van der Waals surface area contributed by atoms with Gasteiger partial charge < -0.3 is 19.7 Å². The van der Waals surface area contributed by atoms with Crippen molar-refractivity contribution >= 4 is 5.97 Å². The van der Waals surface area contributed by atoms with Crippen LogP contribution in [0.5, 0.6) is 0 Å². The first-order valence-electron chi connectivity index (χ1n) is 7.17. The van der Waals surface area contributed by atoms with Gasteiger partial charge in [-0.1, -0.05) is 0 Å². The van der Waals surface area contributed by atoms with Crippen molar-refractivity contribution in [3.63, 3.8) is 0 Å². The summed E-state index contributed by atoms with van der Waals surface area (Å²) >= 11 is 0. The molecule has 1 aliphatic heterocycles. The van der Waals surface area contributed by atoms with Crippen molar-refractivity contribution in [2.75, 3.05) is 40.4 Å². The Morgan fingerprint density at radius 1 is 1.42 bits per heavy atom. The number of rotatable bonds is 7. The third-order valence-corrected chi connectivity index (χ3v) is 4.07. The van der Waals surface area contributed by atoms with Crippen molar-refractivity contribution in [3.05, 3.63) is 0 Å². The quantitative estimate of drug-likeness (QED) is 0.702. The largest absolute Gasteiger partial charge is 0.465 e. The summed E-state index contributed by atoms with van der Waals surface area (Å²) in [6, 6.07) is 0. The number of nitrogens with one attached hydrogen (secondary N) is 1. The zero-order valence-electron chi connectivity index (χ0n) is 12.7. The lowest BCUT2D eigenvalue weighted by molar-refractivity contribution is -0.150. The van der Waals surface area contributed by atoms with Crippen molar-refractivity contribution in [2.45, 2.75) is 44.8 Å². The van der Waals surface area contributed by atoms with E-state index in [1.807, 2.05) is 20.9 Å². The lowest BCUT2D eigenvalue weighted by Gasteiger charge is -2.34. The number of likely N-dealkylation sites (tertiary alicyclic amines) is 1. The van der Waals surface area contributed by atoms with Crippen LogP contribution in [-0.4, -0.2) is 62.9 Å². The average molecular weight is 272 g/mol. The van der Waals surface area contributed by atoms with Crippen LogP contribution in [0.15, 0.2) is 0 Å². The molecule has 0 aromatic rings. The van der Waals surface area contributed by atoms with Gasteiger partial charge in [-0.15, -0.1) is 0 Å². The second-order valence-corrected chi connectivity index (χ2v) is 5.33. The topological polar surface area (TPSA) is 50.8 Å². The Labute approximate surface area is 116 Å². The Morgan fingerprint density at radius 2 is 2.05 bits per heavy atom. The van der Waals surface area contributed by atoms with Crippen molar-refractivity contribution in [1.29, 1.82) is 0 Å². The van der Waals surface area contributed by atoms with Crippen LogP contribution in [0.2, 0.25) is 0 Å². The summed E-state index contributed by atoms with van der Waals surface area (Å²) in [4.78, 5) is 14.3. The summed E-state index contributed by atoms with van der Waals surface area (Å²) < 4.78 is 10.5. The average Bonchev–Trinajstić information content (AvgIpc) is 2.45. The van der Waals surface area contributed by atoms with Crippen LogP contribution in [0.3, 0.4) is 0 Å². The number of carbonyl (C=O) groups is 1. The van der Waals surface area contributed by atoms with Gasteiger partial charge in [0.15, 0.2) is 0 Å². The number of nitrogens with zero attached hydrogens (tertiary/aromatic N) is 1. The highest BCUT2D eigenvalue weighted by atomic mass is 16.5. The number of likely N-dealkylation sites (N-methyl/N-ethyl adjacent to an activating group) is 1. The summed E-state index contributed by atoms with van der Waals surface area (Å²) in [6.07, 6.45) is 3.32. The maximum atomic E-state index is 11.9. The molecule has 0 spiro atoms. The van der Waals surface area contributed by atoms with E-state index < -0.39 is 5.54 Å². The van der Waals surface area contributed by atoms with E-state index in [9.17, 15) is 4.79 Å². The Morgan fingerprint density at radius 3 is 2.53 bits per heavy atom. The summed E-state index contributed by atoms with van der Waals surface area (Å²) in [5.74, 6) is -0.163. The second-order valence-electron chi connectivity index (χ2n) is 5.33. The van der Waals surface area contributed by atoms with Crippen LogP contribution in [-0.2, 0) is 14.3 Å². The third kappa shape index (κ3) is 4.75. The van der Waals surface area contributed by atoms with Gasteiger partial charge in [0.2, 0.25) is 0 Å². The zero-order chi connectivity index (χ0) is 14.3. The van der Waals surface area contributed by atoms with Gasteiger partial charge in [0.05, 0.1) is 12.7 Å². The molecule has 1 aliphatic rings. The van der Waals surface area contributed by atoms with Crippen molar-refractivity contribution in [1.82, 2.24) is 10.2 Å². The number of ether oxygens (including phenoxy) is 2. The molecule has 1 saturated heterocycles. The monoisotopic (exact) mass is 272 g/mol. The molecule has 5 nitrogen and oxygen atoms in total. The van der Waals surface area contributed by atoms with Crippen LogP contribution in [0, 0.1) is 0 Å². The number of carbonyl (C=O) groups excluding carboxylic acids is 1. The third-order valence-electron chi connectivity index (χ3n) is 4.07. The van der Waals surface area contributed by atoms with Crippen LogP contribution < -0.4 is 5.32 Å². The van der Waals surface area contributed by atoms with Crippen LogP contribution >= 0.6 is 0 Å². The molecule has 1 heterocycles. The van der Waals surface area contributed by atoms with Gasteiger partial charge in [-0.3, -0.25) is 4.79 Å². The van der Waals surface area contributed by atoms with Gasteiger partial charge >= 0.3 is 5.97 Å². The van der Waals surface area contributed by atoms with E-state index in [1.165, 1.54) is 0 Å². The summed E-state index contributed by atoms with van der Waals surface area (Å²) in [6.45, 7) is 7.17. The molecule has 19 heavy (non-hydrogen) atoms. The SMILES string of the molecule is CCOC(=O)C(C)(CCN1CCC(OC)CC1)NC. The molecule has 0 aromatic heterocycles. The molecule has 1 atom stereocenters. The minimum Gasteiger partial charge on any atom is -0.465 e. The summed E-state index contributed by atoms with van der Waals surface area (Å²) in [5, 5.41) is 3.10. The lowest BCUT2D eigenvalue weighted by Crippen LogP contribution is -2.51. The standard InChI is InChI=1S/C14H28N2O3/c1-5-19-13(17)14(2,15-3)8-11-16-9-6-12(18-4)7-10-16/h12,15H,5-11H2,1-4H3. The molecule has 0 amide bonds. The van der Waals surface area contributed by atoms with Crippen molar-refractivity contribution in [2.24, 2.45) is 0 Å². The first-order chi connectivity index (χ1) is 9.05. The number of methoxy groups -OCH3 is 1. The van der Waals surface area contributed by atoms with Gasteiger partial charge in [-0.2, -0.15) is 0 Å². The first kappa shape index (κ1) is 16.4. The van der Waals surface area contributed by atoms with Gasteiger partial charge in [0.1, 0.15) is 5.54 Å². The van der Waals surface area contributed by atoms with Crippen molar-refractivity contribution in [3.8, 4) is 0 Å². The second kappa shape index (κ2) is 7.82. The maximum absolute atomic E-state index is 11.9. The number of piperidine rings is 1. The van der Waals surface area contributed by atoms with Crippen molar-refractivity contribution < 1.29 is 14.3 Å². The van der Waals surface area contributed by atoms with E-state index in [0.29, 0.717) is 12.7 Å². The van der Waals surface area contributed by atoms with E-state index in [0.717, 1.165) is 38.9 Å². The molecule has 0 bridgehead atoms.